The molecule has 0 spiro atoms. The first-order valence-electron chi connectivity index (χ1n) is 5.35. The van der Waals surface area contributed by atoms with Crippen LogP contribution in [0.25, 0.3) is 6.08 Å². The molecule has 0 N–H and O–H groups in total. The summed E-state index contributed by atoms with van der Waals surface area (Å²) in [5.74, 6) is 0. The van der Waals surface area contributed by atoms with Gasteiger partial charge in [-0.15, -0.1) is 0 Å². The Bertz CT molecular complexity index is 329. The maximum absolute atomic E-state index is 6.03. The maximum atomic E-state index is 6.03. The fraction of sp³-hybridized carbons (Fsp3) is 0.385. The lowest BCUT2D eigenvalue weighted by Crippen LogP contribution is -1.75. The fourth-order valence-electron chi connectivity index (χ4n) is 1.36. The Hall–Kier alpha value is -0.460. The molecule has 0 atom stereocenters. The van der Waals surface area contributed by atoms with E-state index in [0.717, 1.165) is 12.0 Å². The molecule has 2 heteroatoms. The molecular weight excluding hydrogens is 227 g/mol. The molecule has 0 radical (unpaired) electrons. The van der Waals surface area contributed by atoms with Gasteiger partial charge in [-0.3, -0.25) is 0 Å². The molecule has 1 aromatic carbocycles. The van der Waals surface area contributed by atoms with Crippen LogP contribution in [0, 0.1) is 0 Å². The van der Waals surface area contributed by atoms with Crippen LogP contribution in [0.1, 0.15) is 38.2 Å². The molecular formula is C13H16Cl2. The van der Waals surface area contributed by atoms with Crippen molar-refractivity contribution in [3.63, 3.8) is 0 Å². The Labute approximate surface area is 102 Å². The van der Waals surface area contributed by atoms with Gasteiger partial charge in [-0.05, 0) is 30.5 Å². The SMILES string of the molecule is CCCCC/C=C/c1ccc(Cl)cc1Cl. The van der Waals surface area contributed by atoms with Gasteiger partial charge >= 0.3 is 0 Å². The van der Waals surface area contributed by atoms with Crippen molar-refractivity contribution >= 4 is 29.3 Å². The summed E-state index contributed by atoms with van der Waals surface area (Å²) in [6, 6.07) is 5.58. The Kier molecular flexibility index (Phi) is 5.82. The monoisotopic (exact) mass is 242 g/mol. The van der Waals surface area contributed by atoms with Crippen LogP contribution in [0.3, 0.4) is 0 Å². The summed E-state index contributed by atoms with van der Waals surface area (Å²) in [6.45, 7) is 2.21. The van der Waals surface area contributed by atoms with Gasteiger partial charge in [0, 0.05) is 10.0 Å². The van der Waals surface area contributed by atoms with Crippen LogP contribution in [0.4, 0.5) is 0 Å². The highest BCUT2D eigenvalue weighted by Gasteiger charge is 1.96. The van der Waals surface area contributed by atoms with Crippen molar-refractivity contribution in [3.8, 4) is 0 Å². The summed E-state index contributed by atoms with van der Waals surface area (Å²) in [6.07, 6.45) is 9.15. The van der Waals surface area contributed by atoms with E-state index in [1.54, 1.807) is 6.07 Å². The molecule has 0 heterocycles. The van der Waals surface area contributed by atoms with Gasteiger partial charge in [0.05, 0.1) is 0 Å². The van der Waals surface area contributed by atoms with Crippen molar-refractivity contribution in [3.05, 3.63) is 39.9 Å². The zero-order chi connectivity index (χ0) is 11.1. The lowest BCUT2D eigenvalue weighted by atomic mass is 10.1. The molecule has 0 saturated heterocycles. The minimum absolute atomic E-state index is 0.683. The molecule has 1 aromatic rings. The Morgan fingerprint density at radius 3 is 2.67 bits per heavy atom. The van der Waals surface area contributed by atoms with Gasteiger partial charge in [0.25, 0.3) is 0 Å². The number of hydrogen-bond acceptors (Lipinski definition) is 0. The minimum Gasteiger partial charge on any atom is -0.0843 e. The zero-order valence-corrected chi connectivity index (χ0v) is 10.5. The minimum atomic E-state index is 0.683. The van der Waals surface area contributed by atoms with Gasteiger partial charge in [0.1, 0.15) is 0 Å². The Balaban J connectivity index is 2.49. The number of benzene rings is 1. The molecule has 0 fully saturated rings. The molecule has 0 aliphatic carbocycles. The number of unbranched alkanes of at least 4 members (excludes halogenated alkanes) is 3. The van der Waals surface area contributed by atoms with Gasteiger partial charge in [-0.2, -0.15) is 0 Å². The second-order valence-electron chi connectivity index (χ2n) is 3.56. The lowest BCUT2D eigenvalue weighted by molar-refractivity contribution is 0.730. The highest BCUT2D eigenvalue weighted by Crippen LogP contribution is 2.22. The second kappa shape index (κ2) is 6.92. The van der Waals surface area contributed by atoms with Gasteiger partial charge in [-0.25, -0.2) is 0 Å². The summed E-state index contributed by atoms with van der Waals surface area (Å²) in [7, 11) is 0. The number of allylic oxidation sites excluding steroid dienone is 1. The van der Waals surface area contributed by atoms with E-state index in [1.807, 2.05) is 12.1 Å². The van der Waals surface area contributed by atoms with E-state index >= 15 is 0 Å². The Morgan fingerprint density at radius 1 is 1.20 bits per heavy atom. The summed E-state index contributed by atoms with van der Waals surface area (Å²) >= 11 is 11.8. The smallest absolute Gasteiger partial charge is 0.0493 e. The molecule has 0 aliphatic rings. The first-order chi connectivity index (χ1) is 7.24. The van der Waals surface area contributed by atoms with Crippen molar-refractivity contribution in [2.24, 2.45) is 0 Å². The van der Waals surface area contributed by atoms with Crippen molar-refractivity contribution < 1.29 is 0 Å². The summed E-state index contributed by atoms with van der Waals surface area (Å²) in [5, 5.41) is 1.40. The van der Waals surface area contributed by atoms with E-state index < -0.39 is 0 Å². The first kappa shape index (κ1) is 12.6. The normalized spacial score (nSPS) is 11.1. The van der Waals surface area contributed by atoms with E-state index in [9.17, 15) is 0 Å². The van der Waals surface area contributed by atoms with Crippen LogP contribution in [0.2, 0.25) is 10.0 Å². The Morgan fingerprint density at radius 2 is 2.00 bits per heavy atom. The molecule has 1 rings (SSSR count). The van der Waals surface area contributed by atoms with Crippen LogP contribution >= 0.6 is 23.2 Å². The molecule has 0 unspecified atom stereocenters. The lowest BCUT2D eigenvalue weighted by Gasteiger charge is -1.98. The van der Waals surface area contributed by atoms with E-state index in [2.05, 4.69) is 19.1 Å². The molecule has 0 aromatic heterocycles. The average molecular weight is 243 g/mol. The molecule has 15 heavy (non-hydrogen) atoms. The van der Waals surface area contributed by atoms with Crippen molar-refractivity contribution in [2.45, 2.75) is 32.6 Å². The topological polar surface area (TPSA) is 0 Å². The van der Waals surface area contributed by atoms with E-state index in [1.165, 1.54) is 19.3 Å². The van der Waals surface area contributed by atoms with Gasteiger partial charge in [0.15, 0.2) is 0 Å². The molecule has 0 amide bonds. The predicted molar refractivity (Wildman–Crippen MR) is 69.6 cm³/mol. The summed E-state index contributed by atoms with van der Waals surface area (Å²) in [5.41, 5.74) is 1.04. The number of rotatable bonds is 5. The van der Waals surface area contributed by atoms with Crippen LogP contribution < -0.4 is 0 Å². The van der Waals surface area contributed by atoms with Crippen molar-refractivity contribution in [2.75, 3.05) is 0 Å². The van der Waals surface area contributed by atoms with E-state index in [-0.39, 0.29) is 0 Å². The largest absolute Gasteiger partial charge is 0.0843 e. The van der Waals surface area contributed by atoms with Gasteiger partial charge in [0.2, 0.25) is 0 Å². The quantitative estimate of drug-likeness (QED) is 0.591. The van der Waals surface area contributed by atoms with E-state index in [4.69, 9.17) is 23.2 Å². The molecule has 0 bridgehead atoms. The number of hydrogen-bond donors (Lipinski definition) is 0. The summed E-state index contributed by atoms with van der Waals surface area (Å²) < 4.78 is 0. The highest BCUT2D eigenvalue weighted by atomic mass is 35.5. The van der Waals surface area contributed by atoms with Gasteiger partial charge < -0.3 is 0 Å². The van der Waals surface area contributed by atoms with Crippen LogP contribution in [-0.2, 0) is 0 Å². The van der Waals surface area contributed by atoms with Crippen LogP contribution in [0.5, 0.6) is 0 Å². The highest BCUT2D eigenvalue weighted by molar-refractivity contribution is 6.35. The maximum Gasteiger partial charge on any atom is 0.0493 e. The third-order valence-corrected chi connectivity index (χ3v) is 2.80. The standard InChI is InChI=1S/C13H16Cl2/c1-2-3-4-5-6-7-11-8-9-12(14)10-13(11)15/h6-10H,2-5H2,1H3/b7-6+. The fourth-order valence-corrected chi connectivity index (χ4v) is 1.83. The van der Waals surface area contributed by atoms with Crippen molar-refractivity contribution in [1.82, 2.24) is 0 Å². The first-order valence-corrected chi connectivity index (χ1v) is 6.11. The predicted octanol–water partition coefficient (Wildman–Crippen LogP) is 5.59. The molecule has 0 nitrogen and oxygen atoms in total. The van der Waals surface area contributed by atoms with Crippen molar-refractivity contribution in [1.29, 1.82) is 0 Å². The van der Waals surface area contributed by atoms with Gasteiger partial charge in [-0.1, -0.05) is 61.2 Å². The second-order valence-corrected chi connectivity index (χ2v) is 4.41. The average Bonchev–Trinajstić information content (AvgIpc) is 2.20. The molecule has 0 aliphatic heterocycles. The molecule has 0 saturated carbocycles. The summed E-state index contributed by atoms with van der Waals surface area (Å²) in [4.78, 5) is 0. The van der Waals surface area contributed by atoms with E-state index in [0.29, 0.717) is 10.0 Å². The number of halogens is 2. The molecule has 82 valence electrons. The van der Waals surface area contributed by atoms with Crippen LogP contribution in [0.15, 0.2) is 24.3 Å². The third-order valence-electron chi connectivity index (χ3n) is 2.23. The third kappa shape index (κ3) is 4.72. The van der Waals surface area contributed by atoms with Crippen LogP contribution in [-0.4, -0.2) is 0 Å². The zero-order valence-electron chi connectivity index (χ0n) is 8.97.